The molecule has 0 saturated heterocycles. The van der Waals surface area contributed by atoms with Crippen LogP contribution in [0.1, 0.15) is 37.8 Å². The van der Waals surface area contributed by atoms with Crippen LogP contribution < -0.4 is 5.32 Å². The lowest BCUT2D eigenvalue weighted by atomic mass is 10.1. The summed E-state index contributed by atoms with van der Waals surface area (Å²) in [5, 5.41) is 3.47. The normalized spacial score (nSPS) is 11.6. The summed E-state index contributed by atoms with van der Waals surface area (Å²) in [7, 11) is 0. The SMILES string of the molecule is CCCC[C@@H](C(=O)Nc1ccc(C)cc1Cl)n1ccnc1.Cl. The Morgan fingerprint density at radius 2 is 2.23 bits per heavy atom. The first-order chi connectivity index (χ1) is 10.1. The van der Waals surface area contributed by atoms with Crippen molar-refractivity contribution >= 4 is 35.6 Å². The molecule has 4 nitrogen and oxygen atoms in total. The third-order valence-electron chi connectivity index (χ3n) is 3.40. The Morgan fingerprint density at radius 1 is 1.45 bits per heavy atom. The Morgan fingerprint density at radius 3 is 2.82 bits per heavy atom. The van der Waals surface area contributed by atoms with Crippen LogP contribution in [-0.2, 0) is 4.79 Å². The van der Waals surface area contributed by atoms with E-state index >= 15 is 0 Å². The average molecular weight is 342 g/mol. The molecule has 2 rings (SSSR count). The van der Waals surface area contributed by atoms with E-state index in [0.29, 0.717) is 10.7 Å². The maximum atomic E-state index is 12.5. The van der Waals surface area contributed by atoms with Gasteiger partial charge in [0, 0.05) is 12.4 Å². The van der Waals surface area contributed by atoms with Crippen molar-refractivity contribution in [3.05, 3.63) is 47.5 Å². The molecule has 0 aliphatic rings. The summed E-state index contributed by atoms with van der Waals surface area (Å²) in [6.45, 7) is 4.08. The molecule has 0 unspecified atom stereocenters. The topological polar surface area (TPSA) is 46.9 Å². The molecular formula is C16H21Cl2N3O. The van der Waals surface area contributed by atoms with Crippen LogP contribution in [0, 0.1) is 6.92 Å². The van der Waals surface area contributed by atoms with Crippen molar-refractivity contribution in [2.75, 3.05) is 5.32 Å². The maximum absolute atomic E-state index is 12.5. The highest BCUT2D eigenvalue weighted by atomic mass is 35.5. The molecule has 22 heavy (non-hydrogen) atoms. The molecule has 1 atom stereocenters. The fraction of sp³-hybridized carbons (Fsp3) is 0.375. The summed E-state index contributed by atoms with van der Waals surface area (Å²) in [5.41, 5.74) is 1.71. The summed E-state index contributed by atoms with van der Waals surface area (Å²) in [6, 6.07) is 5.35. The molecule has 6 heteroatoms. The predicted octanol–water partition coefficient (Wildman–Crippen LogP) is 4.64. The van der Waals surface area contributed by atoms with Crippen LogP contribution in [0.5, 0.6) is 0 Å². The molecule has 2 aromatic rings. The summed E-state index contributed by atoms with van der Waals surface area (Å²) in [6.07, 6.45) is 7.99. The first-order valence-electron chi connectivity index (χ1n) is 7.16. The second kappa shape index (κ2) is 8.81. The number of aromatic nitrogens is 2. The van der Waals surface area contributed by atoms with Crippen molar-refractivity contribution in [2.45, 2.75) is 39.2 Å². The van der Waals surface area contributed by atoms with Gasteiger partial charge in [-0.1, -0.05) is 37.4 Å². The molecule has 0 bridgehead atoms. The Balaban J connectivity index is 0.00000242. The Bertz CT molecular complexity index is 599. The number of hydrogen-bond acceptors (Lipinski definition) is 2. The zero-order chi connectivity index (χ0) is 15.2. The molecule has 0 spiro atoms. The molecule has 1 N–H and O–H groups in total. The number of nitrogens with one attached hydrogen (secondary N) is 1. The largest absolute Gasteiger partial charge is 0.325 e. The summed E-state index contributed by atoms with van der Waals surface area (Å²) >= 11 is 6.17. The van der Waals surface area contributed by atoms with Gasteiger partial charge in [0.15, 0.2) is 0 Å². The van der Waals surface area contributed by atoms with E-state index in [1.807, 2.05) is 35.9 Å². The van der Waals surface area contributed by atoms with Crippen LogP contribution in [0.4, 0.5) is 5.69 Å². The summed E-state index contributed by atoms with van der Waals surface area (Å²) < 4.78 is 1.84. The van der Waals surface area contributed by atoms with Crippen LogP contribution in [0.2, 0.25) is 5.02 Å². The number of carbonyl (C=O) groups excluding carboxylic acids is 1. The Kier molecular flexibility index (Phi) is 7.42. The van der Waals surface area contributed by atoms with E-state index in [0.717, 1.165) is 24.8 Å². The van der Waals surface area contributed by atoms with E-state index in [1.165, 1.54) is 0 Å². The number of nitrogens with zero attached hydrogens (tertiary/aromatic N) is 2. The zero-order valence-electron chi connectivity index (χ0n) is 12.8. The van der Waals surface area contributed by atoms with Gasteiger partial charge in [-0.2, -0.15) is 0 Å². The molecule has 0 aliphatic heterocycles. The molecule has 0 fully saturated rings. The standard InChI is InChI=1S/C16H20ClN3O.ClH/c1-3-4-5-15(20-9-8-18-11-20)16(21)19-14-7-6-12(2)10-13(14)17;/h6-11,15H,3-5H2,1-2H3,(H,19,21);1H/t15-;/m0./s1. The lowest BCUT2D eigenvalue weighted by Crippen LogP contribution is -2.25. The van der Waals surface area contributed by atoms with E-state index in [4.69, 9.17) is 11.6 Å². The van der Waals surface area contributed by atoms with E-state index in [2.05, 4.69) is 17.2 Å². The molecular weight excluding hydrogens is 321 g/mol. The number of rotatable bonds is 6. The van der Waals surface area contributed by atoms with Gasteiger partial charge in [0.25, 0.3) is 0 Å². The molecule has 1 aromatic carbocycles. The first-order valence-corrected chi connectivity index (χ1v) is 7.54. The minimum absolute atomic E-state index is 0. The second-order valence-corrected chi connectivity index (χ2v) is 5.55. The fourth-order valence-electron chi connectivity index (χ4n) is 2.20. The number of hydrogen-bond donors (Lipinski definition) is 1. The monoisotopic (exact) mass is 341 g/mol. The number of benzene rings is 1. The molecule has 1 aromatic heterocycles. The summed E-state index contributed by atoms with van der Waals surface area (Å²) in [5.74, 6) is -0.0628. The van der Waals surface area contributed by atoms with Crippen LogP contribution in [0.3, 0.4) is 0 Å². The van der Waals surface area contributed by atoms with Gasteiger partial charge in [-0.25, -0.2) is 4.98 Å². The van der Waals surface area contributed by atoms with Gasteiger partial charge >= 0.3 is 0 Å². The summed E-state index contributed by atoms with van der Waals surface area (Å²) in [4.78, 5) is 16.6. The number of aryl methyl sites for hydroxylation is 1. The van der Waals surface area contributed by atoms with Gasteiger partial charge in [0.1, 0.15) is 6.04 Å². The highest BCUT2D eigenvalue weighted by molar-refractivity contribution is 6.33. The second-order valence-electron chi connectivity index (χ2n) is 5.14. The third kappa shape index (κ3) is 4.75. The zero-order valence-corrected chi connectivity index (χ0v) is 14.3. The number of carbonyl (C=O) groups is 1. The number of halogens is 2. The number of anilines is 1. The van der Waals surface area contributed by atoms with Crippen molar-refractivity contribution in [1.82, 2.24) is 9.55 Å². The van der Waals surface area contributed by atoms with Crippen molar-refractivity contribution in [3.63, 3.8) is 0 Å². The lowest BCUT2D eigenvalue weighted by molar-refractivity contribution is -0.119. The van der Waals surface area contributed by atoms with E-state index in [9.17, 15) is 4.79 Å². The lowest BCUT2D eigenvalue weighted by Gasteiger charge is -2.18. The van der Waals surface area contributed by atoms with E-state index in [-0.39, 0.29) is 24.4 Å². The smallest absolute Gasteiger partial charge is 0.247 e. The van der Waals surface area contributed by atoms with E-state index < -0.39 is 0 Å². The van der Waals surface area contributed by atoms with Crippen LogP contribution in [0.15, 0.2) is 36.9 Å². The molecule has 1 heterocycles. The third-order valence-corrected chi connectivity index (χ3v) is 3.71. The quantitative estimate of drug-likeness (QED) is 0.831. The Labute approximate surface area is 142 Å². The number of imidazole rings is 1. The highest BCUT2D eigenvalue weighted by Gasteiger charge is 2.20. The van der Waals surface area contributed by atoms with Gasteiger partial charge in [-0.15, -0.1) is 12.4 Å². The van der Waals surface area contributed by atoms with Gasteiger partial charge in [0.2, 0.25) is 5.91 Å². The highest BCUT2D eigenvalue weighted by Crippen LogP contribution is 2.25. The van der Waals surface area contributed by atoms with Crippen LogP contribution in [-0.4, -0.2) is 15.5 Å². The number of unbranched alkanes of at least 4 members (excludes halogenated alkanes) is 1. The van der Waals surface area contributed by atoms with E-state index in [1.54, 1.807) is 12.5 Å². The predicted molar refractivity (Wildman–Crippen MR) is 92.9 cm³/mol. The van der Waals surface area contributed by atoms with Gasteiger partial charge in [-0.05, 0) is 31.0 Å². The van der Waals surface area contributed by atoms with Crippen molar-refractivity contribution in [1.29, 1.82) is 0 Å². The van der Waals surface area contributed by atoms with Gasteiger partial charge in [-0.3, -0.25) is 4.79 Å². The van der Waals surface area contributed by atoms with Crippen molar-refractivity contribution in [3.8, 4) is 0 Å². The molecule has 0 radical (unpaired) electrons. The van der Waals surface area contributed by atoms with Crippen LogP contribution in [0.25, 0.3) is 0 Å². The van der Waals surface area contributed by atoms with Crippen molar-refractivity contribution in [2.24, 2.45) is 0 Å². The van der Waals surface area contributed by atoms with Crippen LogP contribution >= 0.6 is 24.0 Å². The first kappa shape index (κ1) is 18.5. The van der Waals surface area contributed by atoms with Gasteiger partial charge in [0.05, 0.1) is 17.0 Å². The Hall–Kier alpha value is -1.52. The maximum Gasteiger partial charge on any atom is 0.247 e. The number of amides is 1. The minimum Gasteiger partial charge on any atom is -0.325 e. The molecule has 0 aliphatic carbocycles. The molecule has 1 amide bonds. The minimum atomic E-state index is -0.259. The van der Waals surface area contributed by atoms with Crippen molar-refractivity contribution < 1.29 is 4.79 Å². The fourth-order valence-corrected chi connectivity index (χ4v) is 2.49. The molecule has 120 valence electrons. The molecule has 0 saturated carbocycles. The van der Waals surface area contributed by atoms with Gasteiger partial charge < -0.3 is 9.88 Å². The average Bonchev–Trinajstić information content (AvgIpc) is 2.96.